The number of methoxy groups -OCH3 is 2. The summed E-state index contributed by atoms with van der Waals surface area (Å²) in [6.07, 6.45) is 4.43. The summed E-state index contributed by atoms with van der Waals surface area (Å²) >= 11 is 0. The molecular weight excluding hydrogens is 346 g/mol. The molecule has 0 saturated carbocycles. The predicted molar refractivity (Wildman–Crippen MR) is 101 cm³/mol. The summed E-state index contributed by atoms with van der Waals surface area (Å²) in [6.45, 7) is 2.29. The Morgan fingerprint density at radius 1 is 0.852 bits per heavy atom. The molecule has 7 nitrogen and oxygen atoms in total. The minimum absolute atomic E-state index is 0.0102. The van der Waals surface area contributed by atoms with E-state index in [0.29, 0.717) is 48.8 Å². The minimum atomic E-state index is -0.0648. The van der Waals surface area contributed by atoms with Crippen molar-refractivity contribution in [1.82, 2.24) is 14.4 Å². The molecule has 1 aromatic heterocycles. The highest BCUT2D eigenvalue weighted by Gasteiger charge is 2.24. The normalized spacial score (nSPS) is 14.6. The van der Waals surface area contributed by atoms with Crippen molar-refractivity contribution in [2.75, 3.05) is 40.4 Å². The number of benzene rings is 1. The fourth-order valence-electron chi connectivity index (χ4n) is 3.29. The first kappa shape index (κ1) is 18.8. The maximum Gasteiger partial charge on any atom is 0.255 e. The van der Waals surface area contributed by atoms with Gasteiger partial charge in [-0.15, -0.1) is 0 Å². The van der Waals surface area contributed by atoms with Gasteiger partial charge >= 0.3 is 0 Å². The Bertz CT molecular complexity index is 830. The van der Waals surface area contributed by atoms with Crippen molar-refractivity contribution in [2.24, 2.45) is 7.05 Å². The van der Waals surface area contributed by atoms with Gasteiger partial charge in [0.25, 0.3) is 11.8 Å². The molecule has 1 saturated heterocycles. The van der Waals surface area contributed by atoms with Crippen LogP contribution in [0.1, 0.15) is 27.1 Å². The van der Waals surface area contributed by atoms with Crippen LogP contribution in [-0.2, 0) is 7.05 Å². The van der Waals surface area contributed by atoms with Crippen LogP contribution in [0.25, 0.3) is 0 Å². The van der Waals surface area contributed by atoms with Gasteiger partial charge in [-0.25, -0.2) is 0 Å². The van der Waals surface area contributed by atoms with E-state index in [0.717, 1.165) is 6.42 Å². The van der Waals surface area contributed by atoms with Gasteiger partial charge in [-0.3, -0.25) is 9.59 Å². The summed E-state index contributed by atoms with van der Waals surface area (Å²) in [5, 5.41) is 0. The topological polar surface area (TPSA) is 64.0 Å². The molecule has 2 amide bonds. The van der Waals surface area contributed by atoms with E-state index in [9.17, 15) is 9.59 Å². The number of aromatic nitrogens is 1. The van der Waals surface area contributed by atoms with Crippen LogP contribution >= 0.6 is 0 Å². The fraction of sp³-hybridized carbons (Fsp3) is 0.400. The Hall–Kier alpha value is -2.96. The summed E-state index contributed by atoms with van der Waals surface area (Å²) in [7, 11) is 5.00. The van der Waals surface area contributed by atoms with Gasteiger partial charge in [0.1, 0.15) is 0 Å². The van der Waals surface area contributed by atoms with Crippen molar-refractivity contribution in [3.8, 4) is 11.5 Å². The first-order valence-corrected chi connectivity index (χ1v) is 8.96. The molecular formula is C20H25N3O4. The second kappa shape index (κ2) is 8.16. The molecule has 144 valence electrons. The monoisotopic (exact) mass is 371 g/mol. The Morgan fingerprint density at radius 2 is 1.48 bits per heavy atom. The number of rotatable bonds is 4. The zero-order chi connectivity index (χ0) is 19.4. The van der Waals surface area contributed by atoms with E-state index in [1.165, 1.54) is 0 Å². The Kier molecular flexibility index (Phi) is 5.69. The number of amides is 2. The van der Waals surface area contributed by atoms with Crippen molar-refractivity contribution in [1.29, 1.82) is 0 Å². The van der Waals surface area contributed by atoms with E-state index in [1.54, 1.807) is 37.3 Å². The maximum atomic E-state index is 12.9. The molecule has 3 rings (SSSR count). The van der Waals surface area contributed by atoms with Gasteiger partial charge in [-0.2, -0.15) is 0 Å². The van der Waals surface area contributed by atoms with E-state index in [4.69, 9.17) is 9.47 Å². The highest BCUT2D eigenvalue weighted by Crippen LogP contribution is 2.28. The van der Waals surface area contributed by atoms with Crippen molar-refractivity contribution in [2.45, 2.75) is 6.42 Å². The third-order valence-electron chi connectivity index (χ3n) is 4.78. The molecule has 0 unspecified atom stereocenters. The predicted octanol–water partition coefficient (Wildman–Crippen LogP) is 2.03. The molecule has 0 atom stereocenters. The average Bonchev–Trinajstić information content (AvgIpc) is 2.98. The quantitative estimate of drug-likeness (QED) is 0.825. The Morgan fingerprint density at radius 3 is 2.04 bits per heavy atom. The molecule has 0 aliphatic carbocycles. The molecule has 1 aliphatic heterocycles. The smallest absolute Gasteiger partial charge is 0.255 e. The summed E-state index contributed by atoms with van der Waals surface area (Å²) in [5.41, 5.74) is 1.23. The zero-order valence-corrected chi connectivity index (χ0v) is 16.0. The lowest BCUT2D eigenvalue weighted by Crippen LogP contribution is -2.37. The summed E-state index contributed by atoms with van der Waals surface area (Å²) < 4.78 is 12.4. The first-order chi connectivity index (χ1) is 13.0. The number of hydrogen-bond donors (Lipinski definition) is 0. The van der Waals surface area contributed by atoms with Crippen LogP contribution in [0, 0.1) is 0 Å². The van der Waals surface area contributed by atoms with E-state index in [-0.39, 0.29) is 11.8 Å². The Labute approximate surface area is 159 Å². The minimum Gasteiger partial charge on any atom is -0.493 e. The van der Waals surface area contributed by atoms with Crippen molar-refractivity contribution in [3.63, 3.8) is 0 Å². The van der Waals surface area contributed by atoms with Gasteiger partial charge < -0.3 is 23.8 Å². The lowest BCUT2D eigenvalue weighted by atomic mass is 10.1. The number of ether oxygens (including phenoxy) is 2. The number of hydrogen-bond acceptors (Lipinski definition) is 4. The van der Waals surface area contributed by atoms with Gasteiger partial charge in [0.15, 0.2) is 11.5 Å². The van der Waals surface area contributed by atoms with Gasteiger partial charge in [0.05, 0.1) is 19.8 Å². The molecule has 1 aliphatic rings. The van der Waals surface area contributed by atoms with Gasteiger partial charge in [0, 0.05) is 51.2 Å². The third-order valence-corrected chi connectivity index (χ3v) is 4.78. The molecule has 2 aromatic rings. The summed E-state index contributed by atoms with van der Waals surface area (Å²) in [4.78, 5) is 29.1. The van der Waals surface area contributed by atoms with Gasteiger partial charge in [-0.05, 0) is 30.7 Å². The largest absolute Gasteiger partial charge is 0.493 e. The molecule has 0 radical (unpaired) electrons. The highest BCUT2D eigenvalue weighted by atomic mass is 16.5. The molecule has 7 heteroatoms. The molecule has 2 heterocycles. The molecule has 0 spiro atoms. The van der Waals surface area contributed by atoms with Crippen LogP contribution < -0.4 is 9.47 Å². The second-order valence-electron chi connectivity index (χ2n) is 6.57. The van der Waals surface area contributed by atoms with E-state index in [1.807, 2.05) is 35.0 Å². The molecule has 0 N–H and O–H groups in total. The average molecular weight is 371 g/mol. The maximum absolute atomic E-state index is 12.9. The van der Waals surface area contributed by atoms with Crippen LogP contribution in [0.3, 0.4) is 0 Å². The third kappa shape index (κ3) is 4.07. The van der Waals surface area contributed by atoms with Crippen molar-refractivity contribution < 1.29 is 19.1 Å². The number of carbonyl (C=O) groups excluding carboxylic acids is 2. The summed E-state index contributed by atoms with van der Waals surface area (Å²) in [6, 6.07) is 6.98. The van der Waals surface area contributed by atoms with Crippen LogP contribution in [0.4, 0.5) is 0 Å². The fourth-order valence-corrected chi connectivity index (χ4v) is 3.29. The van der Waals surface area contributed by atoms with E-state index < -0.39 is 0 Å². The van der Waals surface area contributed by atoms with Crippen LogP contribution in [0.5, 0.6) is 11.5 Å². The van der Waals surface area contributed by atoms with Crippen LogP contribution in [0.15, 0.2) is 36.7 Å². The molecule has 0 bridgehead atoms. The van der Waals surface area contributed by atoms with Crippen LogP contribution in [0.2, 0.25) is 0 Å². The molecule has 27 heavy (non-hydrogen) atoms. The number of carbonyl (C=O) groups is 2. The number of nitrogens with zero attached hydrogens (tertiary/aromatic N) is 3. The van der Waals surface area contributed by atoms with Gasteiger partial charge in [0.2, 0.25) is 0 Å². The highest BCUT2D eigenvalue weighted by molar-refractivity contribution is 5.96. The standard InChI is InChI=1S/C20H25N3O4/c1-21-10-7-16(14-21)20(25)23-9-4-8-22(11-12-23)19(24)15-5-6-17(26-2)18(13-15)27-3/h5-7,10,13-14H,4,8-9,11-12H2,1-3H3. The zero-order valence-electron chi connectivity index (χ0n) is 16.0. The van der Waals surface area contributed by atoms with E-state index >= 15 is 0 Å². The van der Waals surface area contributed by atoms with Crippen molar-refractivity contribution in [3.05, 3.63) is 47.8 Å². The second-order valence-corrected chi connectivity index (χ2v) is 6.57. The molecule has 1 fully saturated rings. The Balaban J connectivity index is 1.68. The lowest BCUT2D eigenvalue weighted by Gasteiger charge is -2.22. The first-order valence-electron chi connectivity index (χ1n) is 8.96. The summed E-state index contributed by atoms with van der Waals surface area (Å²) in [5.74, 6) is 1.06. The van der Waals surface area contributed by atoms with E-state index in [2.05, 4.69) is 0 Å². The molecule has 1 aromatic carbocycles. The SMILES string of the molecule is COc1ccc(C(=O)N2CCCN(C(=O)c3ccn(C)c3)CC2)cc1OC. The van der Waals surface area contributed by atoms with Crippen LogP contribution in [-0.4, -0.2) is 66.6 Å². The number of aryl methyl sites for hydroxylation is 1. The van der Waals surface area contributed by atoms with Crippen molar-refractivity contribution >= 4 is 11.8 Å². The lowest BCUT2D eigenvalue weighted by molar-refractivity contribution is 0.0718. The van der Waals surface area contributed by atoms with Gasteiger partial charge in [-0.1, -0.05) is 0 Å².